The van der Waals surface area contributed by atoms with E-state index in [4.69, 9.17) is 10.5 Å². The maximum Gasteiger partial charge on any atom is 0.306 e. The van der Waals surface area contributed by atoms with Crippen molar-refractivity contribution in [3.8, 4) is 0 Å². The summed E-state index contributed by atoms with van der Waals surface area (Å²) in [5, 5.41) is 0. The monoisotopic (exact) mass is 263 g/mol. The standard InChI is InChI=1S/C15H21NO3/c1-11(2)15(16)13(17)8-9-14(18)19-10-12-6-4-3-5-7-12/h3-7,11,15H,8-10,16H2,1-2H3/t15-/m1/s1. The summed E-state index contributed by atoms with van der Waals surface area (Å²) >= 11 is 0. The van der Waals surface area contributed by atoms with Crippen molar-refractivity contribution in [2.75, 3.05) is 0 Å². The number of rotatable bonds is 7. The Labute approximate surface area is 113 Å². The molecule has 0 radical (unpaired) electrons. The summed E-state index contributed by atoms with van der Waals surface area (Å²) in [4.78, 5) is 23.1. The molecule has 0 aliphatic heterocycles. The zero-order valence-electron chi connectivity index (χ0n) is 11.5. The third kappa shape index (κ3) is 5.66. The van der Waals surface area contributed by atoms with Gasteiger partial charge in [-0.25, -0.2) is 0 Å². The zero-order valence-corrected chi connectivity index (χ0v) is 11.5. The average Bonchev–Trinajstić information content (AvgIpc) is 2.42. The van der Waals surface area contributed by atoms with Crippen molar-refractivity contribution in [2.24, 2.45) is 11.7 Å². The fraction of sp³-hybridized carbons (Fsp3) is 0.467. The summed E-state index contributed by atoms with van der Waals surface area (Å²) in [5.74, 6) is -0.368. The Kier molecular flexibility index (Phi) is 6.22. The first-order valence-corrected chi connectivity index (χ1v) is 6.48. The molecule has 4 nitrogen and oxygen atoms in total. The van der Waals surface area contributed by atoms with E-state index in [0.717, 1.165) is 5.56 Å². The number of hydrogen-bond donors (Lipinski definition) is 1. The first kappa shape index (κ1) is 15.4. The molecule has 0 aliphatic carbocycles. The molecule has 0 amide bonds. The molecule has 1 aromatic rings. The maximum absolute atomic E-state index is 11.6. The lowest BCUT2D eigenvalue weighted by Crippen LogP contribution is -2.35. The van der Waals surface area contributed by atoms with Crippen LogP contribution in [0.5, 0.6) is 0 Å². The van der Waals surface area contributed by atoms with E-state index in [1.807, 2.05) is 44.2 Å². The second-order valence-electron chi connectivity index (χ2n) is 4.88. The van der Waals surface area contributed by atoms with Gasteiger partial charge in [-0.2, -0.15) is 0 Å². The topological polar surface area (TPSA) is 69.4 Å². The van der Waals surface area contributed by atoms with Gasteiger partial charge in [-0.1, -0.05) is 44.2 Å². The Hall–Kier alpha value is -1.68. The van der Waals surface area contributed by atoms with Crippen LogP contribution in [-0.4, -0.2) is 17.8 Å². The van der Waals surface area contributed by atoms with Crippen LogP contribution in [0.25, 0.3) is 0 Å². The van der Waals surface area contributed by atoms with E-state index >= 15 is 0 Å². The molecule has 104 valence electrons. The van der Waals surface area contributed by atoms with Gasteiger partial charge < -0.3 is 10.5 Å². The Morgan fingerprint density at radius 1 is 1.16 bits per heavy atom. The van der Waals surface area contributed by atoms with Crippen LogP contribution in [0.1, 0.15) is 32.3 Å². The number of ether oxygens (including phenoxy) is 1. The van der Waals surface area contributed by atoms with Crippen LogP contribution in [0.15, 0.2) is 30.3 Å². The molecule has 4 heteroatoms. The van der Waals surface area contributed by atoms with E-state index in [9.17, 15) is 9.59 Å². The summed E-state index contributed by atoms with van der Waals surface area (Å²) in [5.41, 5.74) is 6.64. The average molecular weight is 263 g/mol. The molecule has 19 heavy (non-hydrogen) atoms. The SMILES string of the molecule is CC(C)[C@@H](N)C(=O)CCC(=O)OCc1ccccc1. The smallest absolute Gasteiger partial charge is 0.306 e. The van der Waals surface area contributed by atoms with Gasteiger partial charge in [0.1, 0.15) is 12.4 Å². The molecule has 0 heterocycles. The summed E-state index contributed by atoms with van der Waals surface area (Å²) in [7, 11) is 0. The van der Waals surface area contributed by atoms with Gasteiger partial charge >= 0.3 is 5.97 Å². The van der Waals surface area contributed by atoms with E-state index in [1.165, 1.54) is 0 Å². The van der Waals surface area contributed by atoms with Crippen LogP contribution in [0.4, 0.5) is 0 Å². The van der Waals surface area contributed by atoms with Crippen molar-refractivity contribution in [1.82, 2.24) is 0 Å². The molecule has 0 saturated carbocycles. The molecule has 0 spiro atoms. The van der Waals surface area contributed by atoms with Gasteiger partial charge in [-0.3, -0.25) is 9.59 Å². The summed E-state index contributed by atoms with van der Waals surface area (Å²) < 4.78 is 5.09. The zero-order chi connectivity index (χ0) is 14.3. The molecule has 0 aliphatic rings. The van der Waals surface area contributed by atoms with Crippen LogP contribution in [0.3, 0.4) is 0 Å². The number of carbonyl (C=O) groups is 2. The first-order valence-electron chi connectivity index (χ1n) is 6.48. The quantitative estimate of drug-likeness (QED) is 0.764. The lowest BCUT2D eigenvalue weighted by molar-refractivity contribution is -0.146. The molecule has 1 aromatic carbocycles. The minimum absolute atomic E-state index is 0.0894. The Balaban J connectivity index is 2.27. The molecule has 1 atom stereocenters. The molecule has 0 bridgehead atoms. The highest BCUT2D eigenvalue weighted by Crippen LogP contribution is 2.06. The summed E-state index contributed by atoms with van der Waals surface area (Å²) in [6, 6.07) is 8.93. The second kappa shape index (κ2) is 7.69. The van der Waals surface area contributed by atoms with Crippen molar-refractivity contribution >= 4 is 11.8 Å². The largest absolute Gasteiger partial charge is 0.461 e. The van der Waals surface area contributed by atoms with Crippen molar-refractivity contribution in [3.05, 3.63) is 35.9 Å². The van der Waals surface area contributed by atoms with Crippen molar-refractivity contribution in [2.45, 2.75) is 39.3 Å². The number of benzene rings is 1. The molecular formula is C15H21NO3. The number of hydrogen-bond acceptors (Lipinski definition) is 4. The van der Waals surface area contributed by atoms with Gasteiger partial charge in [0.25, 0.3) is 0 Å². The number of Topliss-reactive ketones (excluding diaryl/α,β-unsaturated/α-hetero) is 1. The highest BCUT2D eigenvalue weighted by atomic mass is 16.5. The fourth-order valence-corrected chi connectivity index (χ4v) is 1.57. The van der Waals surface area contributed by atoms with Crippen LogP contribution in [0.2, 0.25) is 0 Å². The van der Waals surface area contributed by atoms with Gasteiger partial charge in [-0.05, 0) is 11.5 Å². The Morgan fingerprint density at radius 2 is 1.79 bits per heavy atom. The number of ketones is 1. The lowest BCUT2D eigenvalue weighted by Gasteiger charge is -2.13. The molecule has 1 rings (SSSR count). The summed E-state index contributed by atoms with van der Waals surface area (Å²) in [6.45, 7) is 4.01. The first-order chi connectivity index (χ1) is 9.00. The Morgan fingerprint density at radius 3 is 2.37 bits per heavy atom. The predicted octanol–water partition coefficient (Wildman–Crippen LogP) is 2.06. The Bertz CT molecular complexity index is 415. The third-order valence-electron chi connectivity index (χ3n) is 2.91. The van der Waals surface area contributed by atoms with Crippen molar-refractivity contribution in [1.29, 1.82) is 0 Å². The summed E-state index contributed by atoms with van der Waals surface area (Å²) in [6.07, 6.45) is 0.235. The molecule has 0 saturated heterocycles. The second-order valence-corrected chi connectivity index (χ2v) is 4.88. The molecule has 0 unspecified atom stereocenters. The maximum atomic E-state index is 11.6. The van der Waals surface area contributed by atoms with E-state index < -0.39 is 6.04 Å². The van der Waals surface area contributed by atoms with E-state index in [1.54, 1.807) is 0 Å². The van der Waals surface area contributed by atoms with Gasteiger partial charge in [0, 0.05) is 6.42 Å². The fourth-order valence-electron chi connectivity index (χ4n) is 1.57. The van der Waals surface area contributed by atoms with Gasteiger partial charge in [0.15, 0.2) is 0 Å². The van der Waals surface area contributed by atoms with Crippen LogP contribution in [0, 0.1) is 5.92 Å². The number of esters is 1. The molecule has 0 fully saturated rings. The minimum Gasteiger partial charge on any atom is -0.461 e. The molecular weight excluding hydrogens is 242 g/mol. The van der Waals surface area contributed by atoms with Crippen molar-refractivity contribution in [3.63, 3.8) is 0 Å². The lowest BCUT2D eigenvalue weighted by atomic mass is 9.98. The minimum atomic E-state index is -0.498. The van der Waals surface area contributed by atoms with Gasteiger partial charge in [0.05, 0.1) is 12.5 Å². The van der Waals surface area contributed by atoms with Crippen LogP contribution in [-0.2, 0) is 20.9 Å². The van der Waals surface area contributed by atoms with Gasteiger partial charge in [0.2, 0.25) is 0 Å². The third-order valence-corrected chi connectivity index (χ3v) is 2.91. The van der Waals surface area contributed by atoms with Crippen LogP contribution < -0.4 is 5.73 Å². The molecule has 2 N–H and O–H groups in total. The number of nitrogens with two attached hydrogens (primary N) is 1. The van der Waals surface area contributed by atoms with E-state index in [-0.39, 0.29) is 37.1 Å². The highest BCUT2D eigenvalue weighted by Gasteiger charge is 2.18. The normalized spacial score (nSPS) is 12.2. The van der Waals surface area contributed by atoms with Crippen molar-refractivity contribution < 1.29 is 14.3 Å². The highest BCUT2D eigenvalue weighted by molar-refractivity contribution is 5.87. The van der Waals surface area contributed by atoms with Gasteiger partial charge in [-0.15, -0.1) is 0 Å². The predicted molar refractivity (Wildman–Crippen MR) is 73.3 cm³/mol. The number of carbonyl (C=O) groups excluding carboxylic acids is 2. The van der Waals surface area contributed by atoms with E-state index in [2.05, 4.69) is 0 Å². The van der Waals surface area contributed by atoms with Crippen LogP contribution >= 0.6 is 0 Å². The molecule has 0 aromatic heterocycles. The van der Waals surface area contributed by atoms with E-state index in [0.29, 0.717) is 0 Å².